The summed E-state index contributed by atoms with van der Waals surface area (Å²) < 4.78 is 22.6. The Hall–Kier alpha value is -1.87. The molecule has 140 valence electrons. The molecule has 2 heterocycles. The molecule has 0 bridgehead atoms. The molecule has 1 aromatic rings. The molecule has 1 fully saturated rings. The molecule has 25 heavy (non-hydrogen) atoms. The monoisotopic (exact) mass is 370 g/mol. The molecule has 4 N–H and O–H groups in total. The highest BCUT2D eigenvalue weighted by molar-refractivity contribution is 7.89. The molecule has 0 saturated carbocycles. The van der Waals surface area contributed by atoms with E-state index in [1.807, 2.05) is 13.8 Å². The van der Waals surface area contributed by atoms with Gasteiger partial charge in [-0.25, -0.2) is 23.3 Å². The van der Waals surface area contributed by atoms with Gasteiger partial charge in [0.25, 0.3) is 10.0 Å². The van der Waals surface area contributed by atoms with Gasteiger partial charge in [0.15, 0.2) is 5.03 Å². The first-order valence-corrected chi connectivity index (χ1v) is 9.92. The smallest absolute Gasteiger partial charge is 0.407 e. The largest absolute Gasteiger partial charge is 0.465 e. The highest BCUT2D eigenvalue weighted by atomic mass is 32.2. The number of likely N-dealkylation sites (tertiary alicyclic amines) is 1. The molecule has 1 aliphatic rings. The van der Waals surface area contributed by atoms with Crippen LogP contribution in [0.5, 0.6) is 0 Å². The molecular formula is C16H26N4O4S. The van der Waals surface area contributed by atoms with Crippen molar-refractivity contribution in [3.05, 3.63) is 18.2 Å². The average Bonchev–Trinajstić information content (AvgIpc) is 2.81. The van der Waals surface area contributed by atoms with Gasteiger partial charge in [0.1, 0.15) is 5.82 Å². The maximum atomic E-state index is 11.5. The van der Waals surface area contributed by atoms with E-state index in [9.17, 15) is 18.3 Å². The van der Waals surface area contributed by atoms with Crippen LogP contribution in [0.4, 0.5) is 10.6 Å². The molecule has 1 aromatic heterocycles. The predicted octanol–water partition coefficient (Wildman–Crippen LogP) is 2.23. The van der Waals surface area contributed by atoms with Crippen molar-refractivity contribution in [2.24, 2.45) is 5.14 Å². The van der Waals surface area contributed by atoms with E-state index in [-0.39, 0.29) is 16.6 Å². The zero-order valence-electron chi connectivity index (χ0n) is 14.6. The number of hydrogen-bond acceptors (Lipinski definition) is 5. The fourth-order valence-electron chi connectivity index (χ4n) is 3.35. The number of nitrogens with zero attached hydrogens (tertiary/aromatic N) is 2. The summed E-state index contributed by atoms with van der Waals surface area (Å²) >= 11 is 0. The summed E-state index contributed by atoms with van der Waals surface area (Å²) in [4.78, 5) is 17.0. The Morgan fingerprint density at radius 3 is 2.80 bits per heavy atom. The Bertz CT molecular complexity index is 721. The number of nitrogens with one attached hydrogen (secondary N) is 1. The Kier molecular flexibility index (Phi) is 5.89. The lowest BCUT2D eigenvalue weighted by Crippen LogP contribution is -2.46. The lowest BCUT2D eigenvalue weighted by Gasteiger charge is -2.33. The molecule has 1 aliphatic heterocycles. The topological polar surface area (TPSA) is 126 Å². The Labute approximate surface area is 148 Å². The third-order valence-corrected chi connectivity index (χ3v) is 5.41. The molecule has 9 heteroatoms. The quantitative estimate of drug-likeness (QED) is 0.632. The zero-order chi connectivity index (χ0) is 18.7. The fourth-order valence-corrected chi connectivity index (χ4v) is 3.84. The number of sulfonamides is 1. The Morgan fingerprint density at radius 2 is 2.16 bits per heavy atom. The minimum absolute atomic E-state index is 0.0661. The first-order valence-electron chi connectivity index (χ1n) is 8.37. The number of unbranched alkanes of at least 4 members (excludes halogenated alkanes) is 1. The fraction of sp³-hybridized carbons (Fsp3) is 0.625. The second-order valence-electron chi connectivity index (χ2n) is 6.99. The lowest BCUT2D eigenvalue weighted by molar-refractivity contribution is 0.0932. The van der Waals surface area contributed by atoms with Gasteiger partial charge in [-0.05, 0) is 58.1 Å². The summed E-state index contributed by atoms with van der Waals surface area (Å²) in [5.74, 6) is 0.459. The van der Waals surface area contributed by atoms with Gasteiger partial charge in [-0.15, -0.1) is 0 Å². The summed E-state index contributed by atoms with van der Waals surface area (Å²) in [5, 5.41) is 17.4. The second-order valence-corrected chi connectivity index (χ2v) is 8.49. The first kappa shape index (κ1) is 19.5. The number of aromatic nitrogens is 1. The minimum Gasteiger partial charge on any atom is -0.465 e. The van der Waals surface area contributed by atoms with Crippen molar-refractivity contribution >= 4 is 21.9 Å². The maximum Gasteiger partial charge on any atom is 0.407 e. The molecule has 0 aliphatic carbocycles. The Morgan fingerprint density at radius 1 is 1.44 bits per heavy atom. The van der Waals surface area contributed by atoms with Crippen LogP contribution in [0, 0.1) is 0 Å². The SMILES string of the molecule is CC1(C)CCC(CCCCNc2cccc(S(N)(=O)=O)n2)N1C(=O)O. The number of amides is 1. The second kappa shape index (κ2) is 7.57. The van der Waals surface area contributed by atoms with Crippen LogP contribution in [0.15, 0.2) is 23.2 Å². The standard InChI is InChI=1S/C16H26N4O4S/c1-16(2)10-9-12(20(16)15(21)22)6-3-4-11-18-13-7-5-8-14(19-13)25(17,23)24/h5,7-8,12H,3-4,6,9-11H2,1-2H3,(H,18,19)(H,21,22)(H2,17,23,24). The van der Waals surface area contributed by atoms with E-state index in [1.54, 1.807) is 17.0 Å². The minimum atomic E-state index is -3.81. The highest BCUT2D eigenvalue weighted by Crippen LogP contribution is 2.35. The number of hydrogen-bond donors (Lipinski definition) is 3. The predicted molar refractivity (Wildman–Crippen MR) is 94.9 cm³/mol. The van der Waals surface area contributed by atoms with Crippen molar-refractivity contribution in [3.63, 3.8) is 0 Å². The number of pyridine rings is 1. The summed E-state index contributed by atoms with van der Waals surface area (Å²) in [6.45, 7) is 4.56. The highest BCUT2D eigenvalue weighted by Gasteiger charge is 2.41. The van der Waals surface area contributed by atoms with E-state index < -0.39 is 16.1 Å². The molecule has 8 nitrogen and oxygen atoms in total. The van der Waals surface area contributed by atoms with Gasteiger partial charge < -0.3 is 15.3 Å². The third-order valence-electron chi connectivity index (χ3n) is 4.60. The van der Waals surface area contributed by atoms with Crippen LogP contribution in [0.3, 0.4) is 0 Å². The molecule has 0 aromatic carbocycles. The van der Waals surface area contributed by atoms with E-state index in [0.29, 0.717) is 12.4 Å². The van der Waals surface area contributed by atoms with Crippen molar-refractivity contribution in [3.8, 4) is 0 Å². The van der Waals surface area contributed by atoms with Gasteiger partial charge in [0.05, 0.1) is 0 Å². The van der Waals surface area contributed by atoms with Crippen LogP contribution in [-0.2, 0) is 10.0 Å². The first-order chi connectivity index (χ1) is 11.6. The lowest BCUT2D eigenvalue weighted by atomic mass is 10.0. The van der Waals surface area contributed by atoms with Gasteiger partial charge >= 0.3 is 6.09 Å². The van der Waals surface area contributed by atoms with Gasteiger partial charge in [0, 0.05) is 18.1 Å². The van der Waals surface area contributed by atoms with Crippen LogP contribution in [0.25, 0.3) is 0 Å². The van der Waals surface area contributed by atoms with E-state index in [0.717, 1.165) is 32.1 Å². The number of carboxylic acid groups (broad SMARTS) is 1. The van der Waals surface area contributed by atoms with Crippen LogP contribution >= 0.6 is 0 Å². The van der Waals surface area contributed by atoms with E-state index >= 15 is 0 Å². The molecule has 1 unspecified atom stereocenters. The number of nitrogens with two attached hydrogens (primary N) is 1. The number of primary sulfonamides is 1. The third kappa shape index (κ3) is 5.05. The maximum absolute atomic E-state index is 11.5. The van der Waals surface area contributed by atoms with Crippen molar-refractivity contribution in [1.29, 1.82) is 0 Å². The van der Waals surface area contributed by atoms with Crippen LogP contribution in [-0.4, -0.2) is 47.6 Å². The van der Waals surface area contributed by atoms with Crippen molar-refractivity contribution in [1.82, 2.24) is 9.88 Å². The average molecular weight is 370 g/mol. The summed E-state index contributed by atoms with van der Waals surface area (Å²) in [7, 11) is -3.81. The van der Waals surface area contributed by atoms with Crippen LogP contribution < -0.4 is 10.5 Å². The zero-order valence-corrected chi connectivity index (χ0v) is 15.4. The van der Waals surface area contributed by atoms with E-state index in [4.69, 9.17) is 5.14 Å². The van der Waals surface area contributed by atoms with Crippen LogP contribution in [0.1, 0.15) is 46.0 Å². The molecule has 2 rings (SSSR count). The molecular weight excluding hydrogens is 344 g/mol. The molecule has 0 radical (unpaired) electrons. The number of carbonyl (C=O) groups is 1. The molecule has 1 saturated heterocycles. The van der Waals surface area contributed by atoms with Crippen molar-refractivity contribution < 1.29 is 18.3 Å². The van der Waals surface area contributed by atoms with Gasteiger partial charge in [-0.3, -0.25) is 0 Å². The van der Waals surface area contributed by atoms with Gasteiger partial charge in [0.2, 0.25) is 0 Å². The number of rotatable bonds is 7. The molecule has 1 amide bonds. The Balaban J connectivity index is 1.78. The summed E-state index contributed by atoms with van der Waals surface area (Å²) in [6.07, 6.45) is 3.46. The molecule has 1 atom stereocenters. The van der Waals surface area contributed by atoms with Crippen LogP contribution in [0.2, 0.25) is 0 Å². The number of anilines is 1. The van der Waals surface area contributed by atoms with Crippen molar-refractivity contribution in [2.75, 3.05) is 11.9 Å². The summed E-state index contributed by atoms with van der Waals surface area (Å²) in [6, 6.07) is 4.68. The van der Waals surface area contributed by atoms with Crippen molar-refractivity contribution in [2.45, 2.75) is 62.6 Å². The normalized spacial score (nSPS) is 19.8. The van der Waals surface area contributed by atoms with Gasteiger partial charge in [-0.1, -0.05) is 6.07 Å². The summed E-state index contributed by atoms with van der Waals surface area (Å²) in [5.41, 5.74) is -0.299. The molecule has 0 spiro atoms. The van der Waals surface area contributed by atoms with E-state index in [2.05, 4.69) is 10.3 Å². The van der Waals surface area contributed by atoms with E-state index in [1.165, 1.54) is 6.07 Å². The van der Waals surface area contributed by atoms with Gasteiger partial charge in [-0.2, -0.15) is 0 Å².